The zero-order valence-corrected chi connectivity index (χ0v) is 18.3. The smallest absolute Gasteiger partial charge is 0.218 e. The Balaban J connectivity index is 1.71. The lowest BCUT2D eigenvalue weighted by Crippen LogP contribution is -2.40. The molecular weight excluding hydrogens is 388 g/mol. The Hall–Kier alpha value is -1.93. The molecule has 7 heteroatoms. The molecule has 0 spiro atoms. The van der Waals surface area contributed by atoms with Crippen LogP contribution in [0.4, 0.5) is 0 Å². The van der Waals surface area contributed by atoms with Crippen molar-refractivity contribution in [3.8, 4) is 5.75 Å². The van der Waals surface area contributed by atoms with Gasteiger partial charge in [-0.25, -0.2) is 13.1 Å². The molecule has 0 unspecified atom stereocenters. The van der Waals surface area contributed by atoms with E-state index in [0.29, 0.717) is 18.9 Å². The van der Waals surface area contributed by atoms with Gasteiger partial charge in [0, 0.05) is 13.6 Å². The van der Waals surface area contributed by atoms with Crippen LogP contribution in [0.3, 0.4) is 0 Å². The summed E-state index contributed by atoms with van der Waals surface area (Å²) < 4.78 is 34.2. The molecule has 3 rings (SSSR count). The molecule has 1 heterocycles. The van der Waals surface area contributed by atoms with E-state index < -0.39 is 15.3 Å². The first-order valence-electron chi connectivity index (χ1n) is 9.89. The average Bonchev–Trinajstić information content (AvgIpc) is 3.10. The summed E-state index contributed by atoms with van der Waals surface area (Å²) >= 11 is 0. The number of nitrogens with zero attached hydrogens (tertiary/aromatic N) is 1. The Labute approximate surface area is 173 Å². The lowest BCUT2D eigenvalue weighted by molar-refractivity contribution is -0.110. The van der Waals surface area contributed by atoms with Crippen molar-refractivity contribution in [2.45, 2.75) is 37.5 Å². The van der Waals surface area contributed by atoms with Gasteiger partial charge in [-0.05, 0) is 35.1 Å². The number of benzene rings is 2. The number of hydroxylamine groups is 2. The molecule has 158 valence electrons. The normalized spacial score (nSPS) is 20.3. The summed E-state index contributed by atoms with van der Waals surface area (Å²) in [4.78, 5) is 5.59. The molecule has 0 aliphatic carbocycles. The van der Waals surface area contributed by atoms with Crippen molar-refractivity contribution in [1.82, 2.24) is 9.79 Å². The Morgan fingerprint density at radius 2 is 1.86 bits per heavy atom. The van der Waals surface area contributed by atoms with Gasteiger partial charge in [0.25, 0.3) is 0 Å². The van der Waals surface area contributed by atoms with Crippen LogP contribution in [0.2, 0.25) is 0 Å². The molecule has 0 radical (unpaired) electrons. The van der Waals surface area contributed by atoms with Gasteiger partial charge in [-0.15, -0.1) is 0 Å². The summed E-state index contributed by atoms with van der Waals surface area (Å²) in [5, 5.41) is 0.976. The number of ether oxygens (including phenoxy) is 1. The minimum atomic E-state index is -3.56. The van der Waals surface area contributed by atoms with E-state index in [1.54, 1.807) is 19.2 Å². The van der Waals surface area contributed by atoms with Gasteiger partial charge < -0.3 is 4.74 Å². The van der Waals surface area contributed by atoms with Gasteiger partial charge in [-0.1, -0.05) is 56.3 Å². The van der Waals surface area contributed by atoms with Gasteiger partial charge >= 0.3 is 0 Å². The zero-order valence-electron chi connectivity index (χ0n) is 17.5. The van der Waals surface area contributed by atoms with E-state index in [0.717, 1.165) is 16.9 Å². The highest BCUT2D eigenvalue weighted by molar-refractivity contribution is 7.90. The van der Waals surface area contributed by atoms with Crippen LogP contribution in [0.15, 0.2) is 48.5 Å². The van der Waals surface area contributed by atoms with Gasteiger partial charge in [0.2, 0.25) is 10.0 Å². The van der Waals surface area contributed by atoms with E-state index in [1.165, 1.54) is 5.56 Å². The van der Waals surface area contributed by atoms with Crippen molar-refractivity contribution in [2.24, 2.45) is 0 Å². The maximum Gasteiger partial charge on any atom is 0.218 e. The second-order valence-electron chi connectivity index (χ2n) is 7.65. The largest absolute Gasteiger partial charge is 0.496 e. The van der Waals surface area contributed by atoms with Crippen molar-refractivity contribution in [1.29, 1.82) is 0 Å². The van der Waals surface area contributed by atoms with Gasteiger partial charge in [-0.2, -0.15) is 5.06 Å². The molecule has 2 atom stereocenters. The molecule has 6 nitrogen and oxygen atoms in total. The third kappa shape index (κ3) is 4.98. The van der Waals surface area contributed by atoms with Crippen LogP contribution in [0, 0.1) is 0 Å². The lowest BCUT2D eigenvalue weighted by atomic mass is 9.98. The monoisotopic (exact) mass is 418 g/mol. The molecule has 1 fully saturated rings. The molecular formula is C22H30N2O4S. The molecule has 2 aromatic rings. The van der Waals surface area contributed by atoms with E-state index in [2.05, 4.69) is 30.7 Å². The number of hydrogen-bond acceptors (Lipinski definition) is 5. The Kier molecular flexibility index (Phi) is 6.95. The van der Waals surface area contributed by atoms with Crippen LogP contribution >= 0.6 is 0 Å². The molecule has 1 N–H and O–H groups in total. The average molecular weight is 419 g/mol. The molecule has 0 amide bonds. The maximum atomic E-state index is 13.0. The molecule has 0 aromatic heterocycles. The second-order valence-corrected chi connectivity index (χ2v) is 9.63. The van der Waals surface area contributed by atoms with Crippen molar-refractivity contribution in [3.63, 3.8) is 0 Å². The molecule has 0 bridgehead atoms. The molecule has 0 saturated carbocycles. The number of nitrogens with one attached hydrogen (secondary N) is 1. The minimum Gasteiger partial charge on any atom is -0.496 e. The van der Waals surface area contributed by atoms with Crippen LogP contribution in [0.1, 0.15) is 42.5 Å². The second kappa shape index (κ2) is 9.26. The van der Waals surface area contributed by atoms with E-state index in [9.17, 15) is 8.42 Å². The number of rotatable bonds is 8. The first-order valence-corrected chi connectivity index (χ1v) is 11.4. The SMILES string of the molecule is COc1ccccc1CCNS(=O)(=O)[C@@H]1CON(C)[C@H]1c1ccc(C(C)C)cc1. The fourth-order valence-electron chi connectivity index (χ4n) is 3.70. The van der Waals surface area contributed by atoms with Crippen molar-refractivity contribution in [3.05, 3.63) is 65.2 Å². The lowest BCUT2D eigenvalue weighted by Gasteiger charge is -2.23. The minimum absolute atomic E-state index is 0.136. The Morgan fingerprint density at radius 3 is 2.52 bits per heavy atom. The number of sulfonamides is 1. The highest BCUT2D eigenvalue weighted by atomic mass is 32.2. The summed E-state index contributed by atoms with van der Waals surface area (Å²) in [6.45, 7) is 4.72. The fourth-order valence-corrected chi connectivity index (χ4v) is 5.21. The van der Waals surface area contributed by atoms with Crippen molar-refractivity contribution < 1.29 is 18.0 Å². The van der Waals surface area contributed by atoms with Crippen LogP contribution in [-0.2, 0) is 21.3 Å². The summed E-state index contributed by atoms with van der Waals surface area (Å²) in [5.41, 5.74) is 3.14. The Morgan fingerprint density at radius 1 is 1.17 bits per heavy atom. The summed E-state index contributed by atoms with van der Waals surface area (Å²) in [7, 11) is -0.166. The quantitative estimate of drug-likeness (QED) is 0.713. The van der Waals surface area contributed by atoms with Gasteiger partial charge in [0.1, 0.15) is 11.0 Å². The number of para-hydroxylation sites is 1. The van der Waals surface area contributed by atoms with E-state index in [1.807, 2.05) is 36.4 Å². The molecule has 2 aromatic carbocycles. The summed E-state index contributed by atoms with van der Waals surface area (Å²) in [6, 6.07) is 15.4. The highest BCUT2D eigenvalue weighted by Crippen LogP contribution is 2.34. The van der Waals surface area contributed by atoms with Crippen molar-refractivity contribution >= 4 is 10.0 Å². The fraction of sp³-hybridized carbons (Fsp3) is 0.455. The third-order valence-electron chi connectivity index (χ3n) is 5.42. The predicted octanol–water partition coefficient (Wildman–Crippen LogP) is 3.27. The van der Waals surface area contributed by atoms with Crippen LogP contribution in [0.25, 0.3) is 0 Å². The summed E-state index contributed by atoms with van der Waals surface area (Å²) in [6.07, 6.45) is 0.556. The first-order chi connectivity index (χ1) is 13.8. The topological polar surface area (TPSA) is 67.9 Å². The van der Waals surface area contributed by atoms with Crippen molar-refractivity contribution in [2.75, 3.05) is 27.3 Å². The number of methoxy groups -OCH3 is 1. The first kappa shape index (κ1) is 21.8. The standard InChI is InChI=1S/C22H30N2O4S/c1-16(2)17-9-11-19(12-10-17)22-21(15-28-24(22)3)29(25,26)23-14-13-18-7-5-6-8-20(18)27-4/h5-12,16,21-23H,13-15H2,1-4H3/t21-,22+/m1/s1. The van der Waals surface area contributed by atoms with Gasteiger partial charge in [0.15, 0.2) is 0 Å². The number of hydrogen-bond donors (Lipinski definition) is 1. The Bertz CT molecular complexity index is 913. The van der Waals surface area contributed by atoms with Crippen LogP contribution in [0.5, 0.6) is 5.75 Å². The molecule has 1 aliphatic heterocycles. The molecule has 1 saturated heterocycles. The van der Waals surface area contributed by atoms with Crippen LogP contribution < -0.4 is 9.46 Å². The maximum absolute atomic E-state index is 13.0. The van der Waals surface area contributed by atoms with Gasteiger partial charge in [-0.3, -0.25) is 4.84 Å². The summed E-state index contributed by atoms with van der Waals surface area (Å²) in [5.74, 6) is 1.19. The van der Waals surface area contributed by atoms with Crippen LogP contribution in [-0.4, -0.2) is 46.0 Å². The predicted molar refractivity (Wildman–Crippen MR) is 114 cm³/mol. The van der Waals surface area contributed by atoms with Gasteiger partial charge in [0.05, 0.1) is 19.8 Å². The molecule has 29 heavy (non-hydrogen) atoms. The zero-order chi connectivity index (χ0) is 21.0. The van der Waals surface area contributed by atoms with E-state index in [-0.39, 0.29) is 12.6 Å². The van der Waals surface area contributed by atoms with E-state index >= 15 is 0 Å². The molecule has 1 aliphatic rings. The van der Waals surface area contributed by atoms with E-state index in [4.69, 9.17) is 9.57 Å². The third-order valence-corrected chi connectivity index (χ3v) is 7.22. The highest BCUT2D eigenvalue weighted by Gasteiger charge is 2.43.